The van der Waals surface area contributed by atoms with E-state index in [1.54, 1.807) is 0 Å². The normalized spacial score (nSPS) is 18.7. The van der Waals surface area contributed by atoms with Gasteiger partial charge in [-0.25, -0.2) is 0 Å². The first-order valence-electron chi connectivity index (χ1n) is 5.88. The van der Waals surface area contributed by atoms with E-state index < -0.39 is 0 Å². The van der Waals surface area contributed by atoms with Gasteiger partial charge in [-0.2, -0.15) is 0 Å². The van der Waals surface area contributed by atoms with Gasteiger partial charge in [-0.3, -0.25) is 9.69 Å². The second-order valence-electron chi connectivity index (χ2n) is 4.87. The van der Waals surface area contributed by atoms with E-state index >= 15 is 0 Å². The number of hydrogen-bond acceptors (Lipinski definition) is 3. The highest BCUT2D eigenvalue weighted by molar-refractivity contribution is 5.82. The maximum Gasteiger partial charge on any atom is 0.149 e. The molecule has 0 saturated carbocycles. The van der Waals surface area contributed by atoms with E-state index in [-0.39, 0.29) is 5.92 Å². The molecule has 0 amide bonds. The Morgan fingerprint density at radius 3 is 2.53 bits per heavy atom. The van der Waals surface area contributed by atoms with Gasteiger partial charge in [0.25, 0.3) is 0 Å². The van der Waals surface area contributed by atoms with Crippen LogP contribution < -0.4 is 0 Å². The molecule has 1 aliphatic heterocycles. The Hall–Kier alpha value is -0.410. The molecule has 0 spiro atoms. The molecular formula is C12H23NO2. The Balaban J connectivity index is 2.22. The van der Waals surface area contributed by atoms with Crippen molar-refractivity contribution in [3.63, 3.8) is 0 Å². The molecule has 88 valence electrons. The summed E-state index contributed by atoms with van der Waals surface area (Å²) < 4.78 is 5.32. The van der Waals surface area contributed by atoms with Crippen molar-refractivity contribution in [1.29, 1.82) is 0 Å². The second kappa shape index (κ2) is 6.23. The van der Waals surface area contributed by atoms with E-state index in [0.717, 1.165) is 32.6 Å². The monoisotopic (exact) mass is 213 g/mol. The van der Waals surface area contributed by atoms with E-state index in [0.29, 0.717) is 18.2 Å². The largest absolute Gasteiger partial charge is 0.381 e. The van der Waals surface area contributed by atoms with Crippen LogP contribution in [-0.2, 0) is 9.53 Å². The smallest absolute Gasteiger partial charge is 0.149 e. The third-order valence-corrected chi connectivity index (χ3v) is 2.98. The van der Waals surface area contributed by atoms with Crippen molar-refractivity contribution in [1.82, 2.24) is 4.90 Å². The number of ketones is 1. The number of carbonyl (C=O) groups is 1. The van der Waals surface area contributed by atoms with Gasteiger partial charge in [-0.05, 0) is 25.8 Å². The zero-order valence-electron chi connectivity index (χ0n) is 10.2. The van der Waals surface area contributed by atoms with Crippen LogP contribution in [0.25, 0.3) is 0 Å². The summed E-state index contributed by atoms with van der Waals surface area (Å²) in [4.78, 5) is 13.7. The number of Topliss-reactive ketones (excluding diaryl/α,β-unsaturated/α-hetero) is 1. The summed E-state index contributed by atoms with van der Waals surface area (Å²) in [6, 6.07) is 0. The molecule has 0 atom stereocenters. The lowest BCUT2D eigenvalue weighted by atomic mass is 9.99. The Kier molecular flexibility index (Phi) is 5.26. The molecule has 0 aromatic rings. The molecule has 0 aromatic carbocycles. The lowest BCUT2D eigenvalue weighted by Crippen LogP contribution is -2.34. The molecule has 0 aliphatic carbocycles. The highest BCUT2D eigenvalue weighted by Gasteiger charge is 2.17. The standard InChI is InChI=1S/C12H23NO2/c1-10(2)12(14)9-13(3)8-11-4-6-15-7-5-11/h10-11H,4-9H2,1-3H3. The molecule has 0 bridgehead atoms. The van der Waals surface area contributed by atoms with E-state index in [1.165, 1.54) is 0 Å². The van der Waals surface area contributed by atoms with Crippen molar-refractivity contribution in [3.8, 4) is 0 Å². The van der Waals surface area contributed by atoms with Crippen LogP contribution in [0.2, 0.25) is 0 Å². The number of nitrogens with zero attached hydrogens (tertiary/aromatic N) is 1. The Morgan fingerprint density at radius 2 is 2.00 bits per heavy atom. The molecule has 1 aliphatic rings. The topological polar surface area (TPSA) is 29.5 Å². The summed E-state index contributed by atoms with van der Waals surface area (Å²) in [6.45, 7) is 7.32. The molecule has 3 heteroatoms. The van der Waals surface area contributed by atoms with E-state index in [4.69, 9.17) is 4.74 Å². The van der Waals surface area contributed by atoms with Crippen molar-refractivity contribution < 1.29 is 9.53 Å². The van der Waals surface area contributed by atoms with E-state index in [1.807, 2.05) is 20.9 Å². The van der Waals surface area contributed by atoms with Crippen LogP contribution in [0.3, 0.4) is 0 Å². The fraction of sp³-hybridized carbons (Fsp3) is 0.917. The number of carbonyl (C=O) groups excluding carboxylic acids is 1. The van der Waals surface area contributed by atoms with Crippen LogP contribution in [0.1, 0.15) is 26.7 Å². The van der Waals surface area contributed by atoms with Gasteiger partial charge < -0.3 is 4.74 Å². The predicted molar refractivity (Wildman–Crippen MR) is 60.9 cm³/mol. The maximum absolute atomic E-state index is 11.5. The van der Waals surface area contributed by atoms with Gasteiger partial charge >= 0.3 is 0 Å². The van der Waals surface area contributed by atoms with E-state index in [9.17, 15) is 4.79 Å². The van der Waals surface area contributed by atoms with Crippen molar-refractivity contribution in [3.05, 3.63) is 0 Å². The molecule has 0 aromatic heterocycles. The zero-order chi connectivity index (χ0) is 11.3. The molecule has 3 nitrogen and oxygen atoms in total. The molecule has 1 heterocycles. The minimum atomic E-state index is 0.155. The molecule has 1 fully saturated rings. The summed E-state index contributed by atoms with van der Waals surface area (Å²) >= 11 is 0. The van der Waals surface area contributed by atoms with Crippen molar-refractivity contribution in [2.75, 3.05) is 33.4 Å². The number of likely N-dealkylation sites (N-methyl/N-ethyl adjacent to an activating group) is 1. The van der Waals surface area contributed by atoms with Crippen LogP contribution in [-0.4, -0.2) is 44.0 Å². The highest BCUT2D eigenvalue weighted by Crippen LogP contribution is 2.15. The summed E-state index contributed by atoms with van der Waals surface area (Å²) in [7, 11) is 2.04. The first-order chi connectivity index (χ1) is 7.09. The summed E-state index contributed by atoms with van der Waals surface area (Å²) in [6.07, 6.45) is 2.28. The van der Waals surface area contributed by atoms with Gasteiger partial charge in [0.05, 0.1) is 6.54 Å². The fourth-order valence-electron chi connectivity index (χ4n) is 1.88. The van der Waals surface area contributed by atoms with Gasteiger partial charge in [0.15, 0.2) is 0 Å². The third kappa shape index (κ3) is 4.76. The minimum absolute atomic E-state index is 0.155. The second-order valence-corrected chi connectivity index (χ2v) is 4.87. The van der Waals surface area contributed by atoms with Crippen molar-refractivity contribution in [2.45, 2.75) is 26.7 Å². The minimum Gasteiger partial charge on any atom is -0.381 e. The summed E-state index contributed by atoms with van der Waals surface area (Å²) in [5.74, 6) is 1.20. The van der Waals surface area contributed by atoms with Gasteiger partial charge in [-0.1, -0.05) is 13.8 Å². The van der Waals surface area contributed by atoms with Gasteiger partial charge in [0.1, 0.15) is 5.78 Å². The number of hydrogen-bond donors (Lipinski definition) is 0. The quantitative estimate of drug-likeness (QED) is 0.694. The summed E-state index contributed by atoms with van der Waals surface area (Å²) in [5.41, 5.74) is 0. The zero-order valence-corrected chi connectivity index (χ0v) is 10.2. The first kappa shape index (κ1) is 12.7. The first-order valence-corrected chi connectivity index (χ1v) is 5.88. The lowest BCUT2D eigenvalue weighted by Gasteiger charge is -2.27. The number of ether oxygens (including phenoxy) is 1. The molecule has 0 radical (unpaired) electrons. The third-order valence-electron chi connectivity index (χ3n) is 2.98. The molecule has 0 unspecified atom stereocenters. The molecule has 15 heavy (non-hydrogen) atoms. The van der Waals surface area contributed by atoms with Crippen molar-refractivity contribution in [2.24, 2.45) is 11.8 Å². The highest BCUT2D eigenvalue weighted by atomic mass is 16.5. The van der Waals surface area contributed by atoms with Crippen LogP contribution in [0.15, 0.2) is 0 Å². The van der Waals surface area contributed by atoms with Crippen molar-refractivity contribution >= 4 is 5.78 Å². The Morgan fingerprint density at radius 1 is 1.40 bits per heavy atom. The van der Waals surface area contributed by atoms with Crippen LogP contribution in [0.5, 0.6) is 0 Å². The van der Waals surface area contributed by atoms with Gasteiger partial charge in [0, 0.05) is 25.7 Å². The fourth-order valence-corrected chi connectivity index (χ4v) is 1.88. The average Bonchev–Trinajstić information content (AvgIpc) is 2.18. The number of rotatable bonds is 5. The van der Waals surface area contributed by atoms with E-state index in [2.05, 4.69) is 4.90 Å². The van der Waals surface area contributed by atoms with Crippen LogP contribution in [0, 0.1) is 11.8 Å². The lowest BCUT2D eigenvalue weighted by molar-refractivity contribution is -0.122. The van der Waals surface area contributed by atoms with Gasteiger partial charge in [-0.15, -0.1) is 0 Å². The van der Waals surface area contributed by atoms with Crippen LogP contribution in [0.4, 0.5) is 0 Å². The Labute approximate surface area is 92.8 Å². The predicted octanol–water partition coefficient (Wildman–Crippen LogP) is 1.57. The van der Waals surface area contributed by atoms with Crippen LogP contribution >= 0.6 is 0 Å². The average molecular weight is 213 g/mol. The van der Waals surface area contributed by atoms with Gasteiger partial charge in [0.2, 0.25) is 0 Å². The molecule has 1 saturated heterocycles. The SMILES string of the molecule is CC(C)C(=O)CN(C)CC1CCOCC1. The molecule has 1 rings (SSSR count). The summed E-state index contributed by atoms with van der Waals surface area (Å²) in [5, 5.41) is 0. The molecule has 0 N–H and O–H groups in total. The molecular weight excluding hydrogens is 190 g/mol. The maximum atomic E-state index is 11.5. The Bertz CT molecular complexity index is 198.